The van der Waals surface area contributed by atoms with Crippen molar-refractivity contribution in [1.82, 2.24) is 0 Å². The molecule has 1 N–H and O–H groups in total. The van der Waals surface area contributed by atoms with Crippen LogP contribution in [0.2, 0.25) is 0 Å². The second kappa shape index (κ2) is 3.64. The van der Waals surface area contributed by atoms with Gasteiger partial charge in [0.1, 0.15) is 0 Å². The second-order valence-electron chi connectivity index (χ2n) is 3.30. The second-order valence-corrected chi connectivity index (χ2v) is 5.59. The van der Waals surface area contributed by atoms with Gasteiger partial charge in [-0.25, -0.2) is 0 Å². The minimum Gasteiger partial charge on any atom is -0.387 e. The molecule has 3 heteroatoms. The third-order valence-electron chi connectivity index (χ3n) is 2.37. The number of fused-ring (bicyclic) bond motifs is 1. The molecule has 1 heterocycles. The molecule has 0 amide bonds. The van der Waals surface area contributed by atoms with Crippen molar-refractivity contribution in [1.29, 1.82) is 0 Å². The van der Waals surface area contributed by atoms with Gasteiger partial charge >= 0.3 is 0 Å². The monoisotopic (exact) mass is 258 g/mol. The van der Waals surface area contributed by atoms with Gasteiger partial charge in [-0.05, 0) is 23.3 Å². The fourth-order valence-corrected chi connectivity index (χ4v) is 2.95. The molecule has 1 aliphatic heterocycles. The lowest BCUT2D eigenvalue weighted by Crippen LogP contribution is -2.17. The Hall–Kier alpha value is 0.01000. The zero-order valence-electron chi connectivity index (χ0n) is 7.33. The first kappa shape index (κ1) is 9.56. The molecule has 0 aliphatic carbocycles. The van der Waals surface area contributed by atoms with Crippen LogP contribution >= 0.6 is 27.7 Å². The maximum atomic E-state index is 9.91. The number of aliphatic hydroxyl groups is 1. The van der Waals surface area contributed by atoms with E-state index in [1.54, 1.807) is 0 Å². The van der Waals surface area contributed by atoms with Crippen LogP contribution in [0.3, 0.4) is 0 Å². The van der Waals surface area contributed by atoms with Gasteiger partial charge in [-0.15, -0.1) is 0 Å². The summed E-state index contributed by atoms with van der Waals surface area (Å²) in [7, 11) is 0. The van der Waals surface area contributed by atoms with E-state index in [1.807, 2.05) is 23.9 Å². The van der Waals surface area contributed by atoms with Gasteiger partial charge in [0, 0.05) is 15.5 Å². The molecular weight excluding hydrogens is 248 g/mol. The highest BCUT2D eigenvalue weighted by Gasteiger charge is 2.24. The lowest BCUT2D eigenvalue weighted by molar-refractivity contribution is 0.177. The molecule has 1 aromatic rings. The summed E-state index contributed by atoms with van der Waals surface area (Å²) in [4.78, 5) is 0. The van der Waals surface area contributed by atoms with E-state index in [4.69, 9.17) is 0 Å². The summed E-state index contributed by atoms with van der Waals surface area (Å²) in [6.45, 7) is 2.07. The van der Waals surface area contributed by atoms with E-state index in [0.29, 0.717) is 5.25 Å². The first-order valence-corrected chi connectivity index (χ1v) is 6.10. The Morgan fingerprint density at radius 3 is 3.08 bits per heavy atom. The van der Waals surface area contributed by atoms with Crippen LogP contribution in [0.25, 0.3) is 0 Å². The molecule has 2 unspecified atom stereocenters. The van der Waals surface area contributed by atoms with Crippen molar-refractivity contribution in [3.63, 3.8) is 0 Å². The maximum Gasteiger partial charge on any atom is 0.0909 e. The van der Waals surface area contributed by atoms with Crippen LogP contribution < -0.4 is 0 Å². The van der Waals surface area contributed by atoms with Gasteiger partial charge < -0.3 is 5.11 Å². The maximum absolute atomic E-state index is 9.91. The quantitative estimate of drug-likeness (QED) is 0.772. The van der Waals surface area contributed by atoms with Gasteiger partial charge in [0.05, 0.1) is 6.10 Å². The first-order chi connectivity index (χ1) is 6.18. The van der Waals surface area contributed by atoms with E-state index in [9.17, 15) is 5.11 Å². The highest BCUT2D eigenvalue weighted by molar-refractivity contribution is 9.10. The Bertz CT molecular complexity index is 327. The van der Waals surface area contributed by atoms with Gasteiger partial charge in [-0.1, -0.05) is 28.9 Å². The van der Waals surface area contributed by atoms with Crippen LogP contribution in [0.5, 0.6) is 0 Å². The molecule has 0 saturated carbocycles. The molecule has 0 fully saturated rings. The van der Waals surface area contributed by atoms with Crippen molar-refractivity contribution in [3.05, 3.63) is 33.8 Å². The van der Waals surface area contributed by atoms with E-state index in [-0.39, 0.29) is 6.10 Å². The van der Waals surface area contributed by atoms with Crippen LogP contribution in [-0.4, -0.2) is 10.4 Å². The van der Waals surface area contributed by atoms with Crippen LogP contribution in [0.1, 0.15) is 24.2 Å². The fraction of sp³-hybridized carbons (Fsp3) is 0.400. The van der Waals surface area contributed by atoms with Crippen LogP contribution in [0.4, 0.5) is 0 Å². The molecule has 0 aromatic heterocycles. The largest absolute Gasteiger partial charge is 0.387 e. The molecule has 70 valence electrons. The summed E-state index contributed by atoms with van der Waals surface area (Å²) in [5.74, 6) is 1.01. The number of thioether (sulfide) groups is 1. The minimum atomic E-state index is -0.314. The third-order valence-corrected chi connectivity index (χ3v) is 4.13. The number of halogens is 1. The van der Waals surface area contributed by atoms with Gasteiger partial charge in [-0.3, -0.25) is 0 Å². The van der Waals surface area contributed by atoms with Crippen LogP contribution in [0, 0.1) is 0 Å². The average molecular weight is 259 g/mol. The number of rotatable bonds is 0. The molecule has 0 bridgehead atoms. The Morgan fingerprint density at radius 2 is 2.31 bits per heavy atom. The van der Waals surface area contributed by atoms with Crippen molar-refractivity contribution in [2.75, 3.05) is 0 Å². The molecule has 1 nitrogen and oxygen atoms in total. The molecule has 1 aromatic carbocycles. The fourth-order valence-electron chi connectivity index (χ4n) is 1.54. The number of hydrogen-bond donors (Lipinski definition) is 1. The van der Waals surface area contributed by atoms with Crippen LogP contribution in [0.15, 0.2) is 22.7 Å². The van der Waals surface area contributed by atoms with Gasteiger partial charge in [0.15, 0.2) is 0 Å². The Labute approximate surface area is 90.7 Å². The van der Waals surface area contributed by atoms with Crippen molar-refractivity contribution in [2.45, 2.75) is 24.0 Å². The van der Waals surface area contributed by atoms with Crippen LogP contribution in [-0.2, 0) is 5.75 Å². The molecule has 2 rings (SSSR count). The standard InChI is InChI=1S/C10H11BrOS/c1-6-10(12)9-4-8(11)3-2-7(9)5-13-6/h2-4,6,10,12H,5H2,1H3. The van der Waals surface area contributed by atoms with Crippen molar-refractivity contribution >= 4 is 27.7 Å². The molecule has 0 radical (unpaired) electrons. The predicted molar refractivity (Wildman–Crippen MR) is 59.9 cm³/mol. The van der Waals surface area contributed by atoms with E-state index in [0.717, 1.165) is 15.8 Å². The van der Waals surface area contributed by atoms with E-state index >= 15 is 0 Å². The lowest BCUT2D eigenvalue weighted by Gasteiger charge is -2.27. The summed E-state index contributed by atoms with van der Waals surface area (Å²) in [6, 6.07) is 6.14. The van der Waals surface area contributed by atoms with Crippen molar-refractivity contribution in [3.8, 4) is 0 Å². The molecule has 1 aliphatic rings. The Balaban J connectivity index is 2.45. The zero-order chi connectivity index (χ0) is 9.42. The minimum absolute atomic E-state index is 0.307. The summed E-state index contributed by atoms with van der Waals surface area (Å²) in [5, 5.41) is 10.2. The lowest BCUT2D eigenvalue weighted by atomic mass is 10.0. The summed E-state index contributed by atoms with van der Waals surface area (Å²) in [6.07, 6.45) is -0.314. The summed E-state index contributed by atoms with van der Waals surface area (Å²) >= 11 is 5.23. The highest BCUT2D eigenvalue weighted by atomic mass is 79.9. The highest BCUT2D eigenvalue weighted by Crippen LogP contribution is 2.38. The van der Waals surface area contributed by atoms with Gasteiger partial charge in [0.2, 0.25) is 0 Å². The SMILES string of the molecule is CC1SCc2ccc(Br)cc2C1O. The number of aliphatic hydroxyl groups excluding tert-OH is 1. The molecule has 2 atom stereocenters. The van der Waals surface area contributed by atoms with Crippen molar-refractivity contribution in [2.24, 2.45) is 0 Å². The van der Waals surface area contributed by atoms with E-state index in [1.165, 1.54) is 5.56 Å². The first-order valence-electron chi connectivity index (χ1n) is 4.26. The Morgan fingerprint density at radius 1 is 1.54 bits per heavy atom. The zero-order valence-corrected chi connectivity index (χ0v) is 9.73. The van der Waals surface area contributed by atoms with E-state index in [2.05, 4.69) is 28.9 Å². The third kappa shape index (κ3) is 1.78. The average Bonchev–Trinajstić information content (AvgIpc) is 2.12. The molecule has 0 saturated heterocycles. The molecular formula is C10H11BrOS. The predicted octanol–water partition coefficient (Wildman–Crippen LogP) is 3.12. The Kier molecular flexibility index (Phi) is 2.67. The molecule has 13 heavy (non-hydrogen) atoms. The van der Waals surface area contributed by atoms with Crippen molar-refractivity contribution < 1.29 is 5.11 Å². The number of hydrogen-bond acceptors (Lipinski definition) is 2. The summed E-state index contributed by atoms with van der Waals surface area (Å²) < 4.78 is 1.05. The van der Waals surface area contributed by atoms with Gasteiger partial charge in [0.25, 0.3) is 0 Å². The smallest absolute Gasteiger partial charge is 0.0909 e. The summed E-state index contributed by atoms with van der Waals surface area (Å²) in [5.41, 5.74) is 2.35. The topological polar surface area (TPSA) is 20.2 Å². The number of benzene rings is 1. The molecule has 0 spiro atoms. The van der Waals surface area contributed by atoms with Gasteiger partial charge in [-0.2, -0.15) is 11.8 Å². The normalized spacial score (nSPS) is 27.0. The van der Waals surface area contributed by atoms with E-state index < -0.39 is 0 Å².